The van der Waals surface area contributed by atoms with E-state index in [2.05, 4.69) is 17.6 Å². The van der Waals surface area contributed by atoms with Gasteiger partial charge in [-0.05, 0) is 38.8 Å². The molecule has 0 spiro atoms. The van der Waals surface area contributed by atoms with E-state index in [1.165, 1.54) is 12.8 Å². The zero-order valence-corrected chi connectivity index (χ0v) is 9.64. The molecule has 2 rings (SSSR count). The summed E-state index contributed by atoms with van der Waals surface area (Å²) in [4.78, 5) is 12.1. The number of hydrogen-bond donors (Lipinski definition) is 2. The smallest absolute Gasteiger partial charge is 0.226 e. The van der Waals surface area contributed by atoms with Gasteiger partial charge in [0.25, 0.3) is 0 Å². The van der Waals surface area contributed by atoms with Gasteiger partial charge in [-0.1, -0.05) is 19.8 Å². The zero-order valence-electron chi connectivity index (χ0n) is 9.64. The van der Waals surface area contributed by atoms with E-state index < -0.39 is 0 Å². The molecule has 3 nitrogen and oxygen atoms in total. The molecule has 0 aromatic carbocycles. The second-order valence-electron chi connectivity index (χ2n) is 5.27. The lowest BCUT2D eigenvalue weighted by molar-refractivity contribution is -0.130. The van der Waals surface area contributed by atoms with E-state index in [9.17, 15) is 4.79 Å². The number of carbonyl (C=O) groups is 1. The van der Waals surface area contributed by atoms with Crippen LogP contribution in [-0.4, -0.2) is 25.0 Å². The van der Waals surface area contributed by atoms with Gasteiger partial charge in [0.2, 0.25) is 5.91 Å². The lowest BCUT2D eigenvalue weighted by Crippen LogP contribution is -2.47. The SMILES string of the molecule is CC1(C(=O)NC2CCNCC2)CCCC1. The highest BCUT2D eigenvalue weighted by atomic mass is 16.2. The van der Waals surface area contributed by atoms with Crippen molar-refractivity contribution in [1.82, 2.24) is 10.6 Å². The molecule has 0 atom stereocenters. The maximum Gasteiger partial charge on any atom is 0.226 e. The molecule has 86 valence electrons. The van der Waals surface area contributed by atoms with Gasteiger partial charge in [0, 0.05) is 11.5 Å². The quantitative estimate of drug-likeness (QED) is 0.724. The molecule has 1 aliphatic heterocycles. The minimum atomic E-state index is -0.0646. The third-order valence-corrected chi connectivity index (χ3v) is 3.93. The first-order valence-corrected chi connectivity index (χ1v) is 6.22. The summed E-state index contributed by atoms with van der Waals surface area (Å²) in [6, 6.07) is 0.413. The summed E-state index contributed by atoms with van der Waals surface area (Å²) in [7, 11) is 0. The number of nitrogens with one attached hydrogen (secondary N) is 2. The van der Waals surface area contributed by atoms with E-state index in [0.717, 1.165) is 38.8 Å². The Bertz CT molecular complexity index is 228. The molecular formula is C12H22N2O. The van der Waals surface area contributed by atoms with Gasteiger partial charge in [0.1, 0.15) is 0 Å². The highest BCUT2D eigenvalue weighted by Crippen LogP contribution is 2.37. The second-order valence-corrected chi connectivity index (χ2v) is 5.27. The summed E-state index contributed by atoms with van der Waals surface area (Å²) >= 11 is 0. The van der Waals surface area contributed by atoms with Gasteiger partial charge < -0.3 is 10.6 Å². The predicted molar refractivity (Wildman–Crippen MR) is 60.6 cm³/mol. The standard InChI is InChI=1S/C12H22N2O/c1-12(6-2-3-7-12)11(15)14-10-4-8-13-9-5-10/h10,13H,2-9H2,1H3,(H,14,15). The molecule has 0 bridgehead atoms. The van der Waals surface area contributed by atoms with E-state index in [1.54, 1.807) is 0 Å². The van der Waals surface area contributed by atoms with Gasteiger partial charge in [-0.15, -0.1) is 0 Å². The normalized spacial score (nSPS) is 26.5. The van der Waals surface area contributed by atoms with Crippen molar-refractivity contribution in [2.24, 2.45) is 5.41 Å². The Kier molecular flexibility index (Phi) is 3.29. The maximum atomic E-state index is 12.1. The van der Waals surface area contributed by atoms with Gasteiger partial charge in [0.05, 0.1) is 0 Å². The molecular weight excluding hydrogens is 188 g/mol. The Morgan fingerprint density at radius 1 is 1.27 bits per heavy atom. The molecule has 1 amide bonds. The third kappa shape index (κ3) is 2.51. The fourth-order valence-corrected chi connectivity index (χ4v) is 2.71. The first-order valence-electron chi connectivity index (χ1n) is 6.22. The van der Waals surface area contributed by atoms with E-state index in [-0.39, 0.29) is 5.41 Å². The summed E-state index contributed by atoms with van der Waals surface area (Å²) in [6.45, 7) is 4.21. The Hall–Kier alpha value is -0.570. The van der Waals surface area contributed by atoms with Gasteiger partial charge >= 0.3 is 0 Å². The van der Waals surface area contributed by atoms with Crippen molar-refractivity contribution in [3.8, 4) is 0 Å². The summed E-state index contributed by atoms with van der Waals surface area (Å²) in [5.74, 6) is 0.298. The molecule has 2 N–H and O–H groups in total. The van der Waals surface area contributed by atoms with Crippen LogP contribution in [0.5, 0.6) is 0 Å². The van der Waals surface area contributed by atoms with Crippen LogP contribution in [0.15, 0.2) is 0 Å². The molecule has 1 aliphatic carbocycles. The average Bonchev–Trinajstić information content (AvgIpc) is 2.68. The van der Waals surface area contributed by atoms with Crippen LogP contribution in [0, 0.1) is 5.41 Å². The van der Waals surface area contributed by atoms with Gasteiger partial charge in [-0.3, -0.25) is 4.79 Å². The first-order chi connectivity index (χ1) is 7.21. The lowest BCUT2D eigenvalue weighted by atomic mass is 9.87. The average molecular weight is 210 g/mol. The highest BCUT2D eigenvalue weighted by Gasteiger charge is 2.36. The molecule has 2 fully saturated rings. The summed E-state index contributed by atoms with van der Waals surface area (Å²) in [5, 5.41) is 6.54. The fourth-order valence-electron chi connectivity index (χ4n) is 2.71. The van der Waals surface area contributed by atoms with Crippen molar-refractivity contribution in [1.29, 1.82) is 0 Å². The van der Waals surface area contributed by atoms with Crippen LogP contribution in [-0.2, 0) is 4.79 Å². The van der Waals surface area contributed by atoms with Crippen LogP contribution in [0.3, 0.4) is 0 Å². The van der Waals surface area contributed by atoms with Crippen molar-refractivity contribution >= 4 is 5.91 Å². The lowest BCUT2D eigenvalue weighted by Gasteiger charge is -2.29. The van der Waals surface area contributed by atoms with Crippen molar-refractivity contribution < 1.29 is 4.79 Å². The number of carbonyl (C=O) groups excluding carboxylic acids is 1. The van der Waals surface area contributed by atoms with Gasteiger partial charge in [-0.25, -0.2) is 0 Å². The van der Waals surface area contributed by atoms with E-state index >= 15 is 0 Å². The van der Waals surface area contributed by atoms with Crippen molar-refractivity contribution in [3.05, 3.63) is 0 Å². The predicted octanol–water partition coefficient (Wildman–Crippen LogP) is 1.43. The van der Waals surface area contributed by atoms with Crippen molar-refractivity contribution in [2.75, 3.05) is 13.1 Å². The molecule has 1 heterocycles. The second kappa shape index (κ2) is 4.52. The summed E-state index contributed by atoms with van der Waals surface area (Å²) < 4.78 is 0. The van der Waals surface area contributed by atoms with Crippen molar-refractivity contribution in [3.63, 3.8) is 0 Å². The first kappa shape index (κ1) is 10.9. The van der Waals surface area contributed by atoms with Crippen LogP contribution in [0.1, 0.15) is 45.4 Å². The Balaban J connectivity index is 1.85. The number of amides is 1. The summed E-state index contributed by atoms with van der Waals surface area (Å²) in [5.41, 5.74) is -0.0646. The molecule has 1 saturated heterocycles. The highest BCUT2D eigenvalue weighted by molar-refractivity contribution is 5.82. The van der Waals surface area contributed by atoms with Crippen LogP contribution in [0.25, 0.3) is 0 Å². The molecule has 15 heavy (non-hydrogen) atoms. The van der Waals surface area contributed by atoms with Crippen LogP contribution >= 0.6 is 0 Å². The minimum absolute atomic E-state index is 0.0646. The third-order valence-electron chi connectivity index (χ3n) is 3.93. The number of hydrogen-bond acceptors (Lipinski definition) is 2. The van der Waals surface area contributed by atoms with Crippen LogP contribution in [0.4, 0.5) is 0 Å². The maximum absolute atomic E-state index is 12.1. The zero-order chi connectivity index (χ0) is 10.7. The molecule has 0 aromatic heterocycles. The molecule has 1 saturated carbocycles. The van der Waals surface area contributed by atoms with E-state index in [1.807, 2.05) is 0 Å². The minimum Gasteiger partial charge on any atom is -0.353 e. The van der Waals surface area contributed by atoms with Gasteiger partial charge in [0.15, 0.2) is 0 Å². The van der Waals surface area contributed by atoms with Gasteiger partial charge in [-0.2, -0.15) is 0 Å². The molecule has 0 aromatic rings. The topological polar surface area (TPSA) is 41.1 Å². The molecule has 2 aliphatic rings. The Morgan fingerprint density at radius 3 is 2.47 bits per heavy atom. The van der Waals surface area contributed by atoms with E-state index in [4.69, 9.17) is 0 Å². The molecule has 3 heteroatoms. The monoisotopic (exact) mass is 210 g/mol. The Labute approximate surface area is 92.0 Å². The van der Waals surface area contributed by atoms with Crippen molar-refractivity contribution in [2.45, 2.75) is 51.5 Å². The van der Waals surface area contributed by atoms with Crippen LogP contribution in [0.2, 0.25) is 0 Å². The number of piperidine rings is 1. The van der Waals surface area contributed by atoms with Crippen LogP contribution < -0.4 is 10.6 Å². The largest absolute Gasteiger partial charge is 0.353 e. The van der Waals surface area contributed by atoms with E-state index in [0.29, 0.717) is 11.9 Å². The fraction of sp³-hybridized carbons (Fsp3) is 0.917. The molecule has 0 unspecified atom stereocenters. The summed E-state index contributed by atoms with van der Waals surface area (Å²) in [6.07, 6.45) is 6.75. The molecule has 0 radical (unpaired) electrons. The Morgan fingerprint density at radius 2 is 1.87 bits per heavy atom. The number of rotatable bonds is 2.